The molecule has 0 amide bonds. The lowest BCUT2D eigenvalue weighted by molar-refractivity contribution is 0.396. The number of rotatable bonds is 6. The Hall–Kier alpha value is 0.130. The molecule has 0 radical (unpaired) electrons. The molecular formula is C7H16N2OS2. The third-order valence-electron chi connectivity index (χ3n) is 1.46. The fourth-order valence-electron chi connectivity index (χ4n) is 0.709. The standard InChI is InChI=1S/C7H16N2OS2/c1-4-7(8-10-12-11)5-6-9(2)3/h11H,4-6H2,1-3H3/b8-7-. The van der Waals surface area contributed by atoms with Gasteiger partial charge in [0.25, 0.3) is 0 Å². The van der Waals surface area contributed by atoms with Crippen LogP contribution < -0.4 is 0 Å². The van der Waals surface area contributed by atoms with Crippen molar-refractivity contribution in [2.45, 2.75) is 19.8 Å². The summed E-state index contributed by atoms with van der Waals surface area (Å²) in [6, 6.07) is 0. The molecule has 0 fully saturated rings. The van der Waals surface area contributed by atoms with Crippen LogP contribution in [0.3, 0.4) is 0 Å². The van der Waals surface area contributed by atoms with Gasteiger partial charge in [0.05, 0.1) is 5.71 Å². The van der Waals surface area contributed by atoms with Crippen LogP contribution in [0.25, 0.3) is 0 Å². The van der Waals surface area contributed by atoms with E-state index in [0.717, 1.165) is 36.2 Å². The van der Waals surface area contributed by atoms with Gasteiger partial charge in [-0.3, -0.25) is 0 Å². The van der Waals surface area contributed by atoms with Crippen molar-refractivity contribution in [1.82, 2.24) is 4.90 Å². The summed E-state index contributed by atoms with van der Waals surface area (Å²) in [5.74, 6) is 0. The predicted molar refractivity (Wildman–Crippen MR) is 58.6 cm³/mol. The van der Waals surface area contributed by atoms with Crippen molar-refractivity contribution < 1.29 is 4.28 Å². The molecule has 0 rings (SSSR count). The minimum absolute atomic E-state index is 0.933. The van der Waals surface area contributed by atoms with Crippen molar-refractivity contribution in [3.63, 3.8) is 0 Å². The normalized spacial score (nSPS) is 12.2. The molecule has 0 unspecified atom stereocenters. The molecule has 0 aliphatic rings. The van der Waals surface area contributed by atoms with Crippen molar-refractivity contribution in [3.05, 3.63) is 0 Å². The average molecular weight is 208 g/mol. The van der Waals surface area contributed by atoms with E-state index < -0.39 is 0 Å². The second-order valence-corrected chi connectivity index (χ2v) is 3.46. The Morgan fingerprint density at radius 2 is 2.25 bits per heavy atom. The fraction of sp³-hybridized carbons (Fsp3) is 0.857. The van der Waals surface area contributed by atoms with E-state index >= 15 is 0 Å². The highest BCUT2D eigenvalue weighted by Gasteiger charge is 1.98. The Bertz CT molecular complexity index is 139. The van der Waals surface area contributed by atoms with Gasteiger partial charge in [-0.25, -0.2) is 0 Å². The molecule has 0 saturated carbocycles. The summed E-state index contributed by atoms with van der Waals surface area (Å²) in [7, 11) is 4.09. The van der Waals surface area contributed by atoms with E-state index in [4.69, 9.17) is 4.28 Å². The van der Waals surface area contributed by atoms with Gasteiger partial charge in [0, 0.05) is 13.0 Å². The van der Waals surface area contributed by atoms with Gasteiger partial charge in [0.15, 0.2) is 11.1 Å². The number of thiol groups is 1. The van der Waals surface area contributed by atoms with Crippen LogP contribution in [0.5, 0.6) is 0 Å². The maximum Gasteiger partial charge on any atom is 0.155 e. The number of nitrogens with zero attached hydrogens (tertiary/aromatic N) is 2. The quantitative estimate of drug-likeness (QED) is 0.238. The summed E-state index contributed by atoms with van der Waals surface area (Å²) in [4.78, 5) is 2.12. The largest absolute Gasteiger partial charge is 0.311 e. The van der Waals surface area contributed by atoms with Crippen LogP contribution >= 0.6 is 22.7 Å². The van der Waals surface area contributed by atoms with Crippen LogP contribution in [-0.4, -0.2) is 31.3 Å². The van der Waals surface area contributed by atoms with Crippen molar-refractivity contribution in [1.29, 1.82) is 0 Å². The Kier molecular flexibility index (Phi) is 7.85. The molecule has 5 heteroatoms. The first kappa shape index (κ1) is 12.1. The number of oxime groups is 1. The molecule has 0 N–H and O–H groups in total. The van der Waals surface area contributed by atoms with E-state index in [2.05, 4.69) is 28.6 Å². The molecule has 0 aromatic rings. The van der Waals surface area contributed by atoms with Crippen LogP contribution in [0.2, 0.25) is 0 Å². The van der Waals surface area contributed by atoms with Gasteiger partial charge in [-0.15, -0.1) is 0 Å². The smallest absolute Gasteiger partial charge is 0.155 e. The summed E-state index contributed by atoms with van der Waals surface area (Å²) in [5, 5.41) is 3.91. The van der Waals surface area contributed by atoms with Crippen LogP contribution in [0.4, 0.5) is 0 Å². The van der Waals surface area contributed by atoms with E-state index in [0.29, 0.717) is 0 Å². The van der Waals surface area contributed by atoms with E-state index in [1.807, 2.05) is 14.1 Å². The lowest BCUT2D eigenvalue weighted by Crippen LogP contribution is -2.16. The molecule has 0 atom stereocenters. The maximum atomic E-state index is 4.77. The maximum absolute atomic E-state index is 4.77. The van der Waals surface area contributed by atoms with Gasteiger partial charge in [-0.05, 0) is 20.5 Å². The summed E-state index contributed by atoms with van der Waals surface area (Å²) in [6.07, 6.45) is 1.89. The summed E-state index contributed by atoms with van der Waals surface area (Å²) >= 11 is 4.79. The van der Waals surface area contributed by atoms with Gasteiger partial charge in [0.1, 0.15) is 0 Å². The van der Waals surface area contributed by atoms with Crippen molar-refractivity contribution in [2.24, 2.45) is 5.16 Å². The van der Waals surface area contributed by atoms with Crippen LogP contribution in [0.15, 0.2) is 5.16 Å². The topological polar surface area (TPSA) is 24.8 Å². The lowest BCUT2D eigenvalue weighted by Gasteiger charge is -2.08. The molecule has 3 nitrogen and oxygen atoms in total. The number of hydrogen-bond acceptors (Lipinski definition) is 5. The van der Waals surface area contributed by atoms with Gasteiger partial charge in [-0.2, -0.15) is 0 Å². The molecule has 0 aliphatic carbocycles. The Morgan fingerprint density at radius 3 is 2.67 bits per heavy atom. The molecule has 0 aliphatic heterocycles. The SMILES string of the molecule is CC/C(CCN(C)C)=N/OSS. The monoisotopic (exact) mass is 208 g/mol. The Morgan fingerprint density at radius 1 is 1.58 bits per heavy atom. The zero-order valence-corrected chi connectivity index (χ0v) is 9.49. The fourth-order valence-corrected chi connectivity index (χ4v) is 0.948. The van der Waals surface area contributed by atoms with E-state index in [9.17, 15) is 0 Å². The zero-order chi connectivity index (χ0) is 9.40. The highest BCUT2D eigenvalue weighted by molar-refractivity contribution is 8.66. The summed E-state index contributed by atoms with van der Waals surface area (Å²) < 4.78 is 4.77. The minimum atomic E-state index is 0.933. The van der Waals surface area contributed by atoms with E-state index in [-0.39, 0.29) is 0 Å². The highest BCUT2D eigenvalue weighted by atomic mass is 33.1. The predicted octanol–water partition coefficient (Wildman–Crippen LogP) is 2.21. The zero-order valence-electron chi connectivity index (χ0n) is 7.78. The van der Waals surface area contributed by atoms with Crippen LogP contribution in [0.1, 0.15) is 19.8 Å². The average Bonchev–Trinajstić information content (AvgIpc) is 2.05. The molecule has 72 valence electrons. The molecule has 0 aromatic carbocycles. The van der Waals surface area contributed by atoms with Gasteiger partial charge in [0.2, 0.25) is 0 Å². The second kappa shape index (κ2) is 7.76. The molecule has 0 saturated heterocycles. The number of hydrogen-bond donors (Lipinski definition) is 1. The first-order valence-corrected chi connectivity index (χ1v) is 5.67. The van der Waals surface area contributed by atoms with Crippen LogP contribution in [-0.2, 0) is 4.28 Å². The molecule has 0 aromatic heterocycles. The van der Waals surface area contributed by atoms with Gasteiger partial charge < -0.3 is 9.18 Å². The summed E-state index contributed by atoms with van der Waals surface area (Å²) in [5.41, 5.74) is 1.07. The minimum Gasteiger partial charge on any atom is -0.311 e. The van der Waals surface area contributed by atoms with E-state index in [1.165, 1.54) is 0 Å². The molecule has 0 bridgehead atoms. The highest BCUT2D eigenvalue weighted by Crippen LogP contribution is 2.08. The van der Waals surface area contributed by atoms with Gasteiger partial charge in [-0.1, -0.05) is 23.7 Å². The molecule has 12 heavy (non-hydrogen) atoms. The van der Waals surface area contributed by atoms with Crippen molar-refractivity contribution >= 4 is 28.4 Å². The first-order valence-electron chi connectivity index (χ1n) is 3.88. The van der Waals surface area contributed by atoms with Crippen LogP contribution in [0, 0.1) is 0 Å². The second-order valence-electron chi connectivity index (χ2n) is 2.71. The lowest BCUT2D eigenvalue weighted by atomic mass is 10.2. The Labute approximate surface area is 83.5 Å². The molecule has 0 heterocycles. The first-order chi connectivity index (χ1) is 5.70. The third kappa shape index (κ3) is 6.82. The van der Waals surface area contributed by atoms with Crippen molar-refractivity contribution in [2.75, 3.05) is 20.6 Å². The third-order valence-corrected chi connectivity index (χ3v) is 1.80. The van der Waals surface area contributed by atoms with E-state index in [1.54, 1.807) is 0 Å². The molecule has 0 spiro atoms. The summed E-state index contributed by atoms with van der Waals surface area (Å²) in [6.45, 7) is 3.08. The molecular weight excluding hydrogens is 192 g/mol. The Balaban J connectivity index is 3.66. The van der Waals surface area contributed by atoms with Crippen molar-refractivity contribution in [3.8, 4) is 0 Å². The van der Waals surface area contributed by atoms with Gasteiger partial charge >= 0.3 is 0 Å².